The molecule has 2 heterocycles. The minimum atomic E-state index is 0.295. The smallest absolute Gasteiger partial charge is 0.223 e. The van der Waals surface area contributed by atoms with Crippen molar-refractivity contribution in [3.63, 3.8) is 0 Å². The first-order chi connectivity index (χ1) is 11.2. The van der Waals surface area contributed by atoms with E-state index in [1.165, 1.54) is 0 Å². The summed E-state index contributed by atoms with van der Waals surface area (Å²) in [6.45, 7) is 7.08. The highest BCUT2D eigenvalue weighted by molar-refractivity contribution is 5.76. The summed E-state index contributed by atoms with van der Waals surface area (Å²) in [6, 6.07) is 6.28. The first-order valence-electron chi connectivity index (χ1n) is 9.10. The van der Waals surface area contributed by atoms with Crippen LogP contribution in [0.5, 0.6) is 0 Å². The van der Waals surface area contributed by atoms with Crippen molar-refractivity contribution >= 4 is 5.91 Å². The monoisotopic (exact) mass is 317 g/mol. The fourth-order valence-corrected chi connectivity index (χ4v) is 3.41. The summed E-state index contributed by atoms with van der Waals surface area (Å²) in [5.41, 5.74) is 0.987. The molecule has 0 bridgehead atoms. The van der Waals surface area contributed by atoms with Crippen LogP contribution in [0.1, 0.15) is 58.1 Å². The molecule has 0 radical (unpaired) electrons. The highest BCUT2D eigenvalue weighted by Gasteiger charge is 2.25. The van der Waals surface area contributed by atoms with Crippen LogP contribution in [-0.2, 0) is 11.3 Å². The molecule has 1 N–H and O–H groups in total. The lowest BCUT2D eigenvalue weighted by molar-refractivity contribution is -0.135. The van der Waals surface area contributed by atoms with Gasteiger partial charge in [0.1, 0.15) is 0 Å². The Labute approximate surface area is 140 Å². The highest BCUT2D eigenvalue weighted by Crippen LogP contribution is 2.20. The van der Waals surface area contributed by atoms with E-state index in [-0.39, 0.29) is 0 Å². The summed E-state index contributed by atoms with van der Waals surface area (Å²) in [5.74, 6) is 0.756. The minimum absolute atomic E-state index is 0.295. The topological polar surface area (TPSA) is 45.2 Å². The Morgan fingerprint density at radius 1 is 1.39 bits per heavy atom. The van der Waals surface area contributed by atoms with Crippen molar-refractivity contribution in [2.24, 2.45) is 5.92 Å². The van der Waals surface area contributed by atoms with Gasteiger partial charge >= 0.3 is 0 Å². The molecule has 1 aromatic heterocycles. The fraction of sp³-hybridized carbons (Fsp3) is 0.684. The molecule has 23 heavy (non-hydrogen) atoms. The predicted molar refractivity (Wildman–Crippen MR) is 94.0 cm³/mol. The van der Waals surface area contributed by atoms with E-state index >= 15 is 0 Å². The van der Waals surface area contributed by atoms with Crippen LogP contribution in [0.2, 0.25) is 0 Å². The summed E-state index contributed by atoms with van der Waals surface area (Å²) >= 11 is 0. The number of aromatic nitrogens is 1. The average molecular weight is 317 g/mol. The third-order valence-electron chi connectivity index (χ3n) is 4.67. The molecule has 0 spiro atoms. The second-order valence-electron chi connectivity index (χ2n) is 6.78. The van der Waals surface area contributed by atoms with Gasteiger partial charge in [-0.3, -0.25) is 9.78 Å². The number of nitrogens with one attached hydrogen (secondary N) is 1. The molecule has 1 aromatic rings. The van der Waals surface area contributed by atoms with Crippen LogP contribution in [0, 0.1) is 5.92 Å². The zero-order chi connectivity index (χ0) is 16.5. The van der Waals surface area contributed by atoms with Gasteiger partial charge < -0.3 is 10.2 Å². The molecule has 0 saturated carbocycles. The molecule has 2 atom stereocenters. The second kappa shape index (κ2) is 9.66. The van der Waals surface area contributed by atoms with Crippen molar-refractivity contribution < 1.29 is 4.79 Å². The summed E-state index contributed by atoms with van der Waals surface area (Å²) in [7, 11) is 0. The van der Waals surface area contributed by atoms with Gasteiger partial charge in [0.05, 0.1) is 12.2 Å². The first-order valence-corrected chi connectivity index (χ1v) is 9.10. The Balaban J connectivity index is 2.07. The Bertz CT molecular complexity index is 455. The van der Waals surface area contributed by atoms with Crippen LogP contribution in [0.3, 0.4) is 0 Å². The molecule has 1 amide bonds. The molecule has 1 saturated heterocycles. The zero-order valence-corrected chi connectivity index (χ0v) is 14.6. The van der Waals surface area contributed by atoms with Gasteiger partial charge in [0, 0.05) is 18.7 Å². The molecule has 2 unspecified atom stereocenters. The van der Waals surface area contributed by atoms with Crippen LogP contribution in [0.4, 0.5) is 0 Å². The van der Waals surface area contributed by atoms with Gasteiger partial charge in [-0.2, -0.15) is 0 Å². The molecule has 0 aliphatic carbocycles. The second-order valence-corrected chi connectivity index (χ2v) is 6.78. The van der Waals surface area contributed by atoms with Crippen LogP contribution in [-0.4, -0.2) is 34.9 Å². The van der Waals surface area contributed by atoms with E-state index in [1.807, 2.05) is 24.4 Å². The molecule has 4 nitrogen and oxygen atoms in total. The van der Waals surface area contributed by atoms with Crippen LogP contribution in [0.25, 0.3) is 0 Å². The first kappa shape index (κ1) is 17.9. The lowest BCUT2D eigenvalue weighted by Crippen LogP contribution is -2.41. The minimum Gasteiger partial charge on any atom is -0.334 e. The van der Waals surface area contributed by atoms with E-state index in [0.717, 1.165) is 50.9 Å². The molecule has 2 rings (SSSR count). The van der Waals surface area contributed by atoms with Gasteiger partial charge in [-0.1, -0.05) is 32.8 Å². The van der Waals surface area contributed by atoms with Gasteiger partial charge in [0.25, 0.3) is 0 Å². The number of amides is 1. The molecule has 1 aliphatic heterocycles. The number of rotatable bonds is 7. The maximum Gasteiger partial charge on any atom is 0.223 e. The van der Waals surface area contributed by atoms with Crippen LogP contribution in [0.15, 0.2) is 24.4 Å². The number of carbonyl (C=O) groups is 1. The number of hydrogen-bond acceptors (Lipinski definition) is 3. The Kier molecular flexibility index (Phi) is 7.53. The largest absolute Gasteiger partial charge is 0.334 e. The van der Waals surface area contributed by atoms with Crippen molar-refractivity contribution in [2.45, 2.75) is 65.0 Å². The van der Waals surface area contributed by atoms with Crippen molar-refractivity contribution in [2.75, 3.05) is 13.1 Å². The number of nitrogens with zero attached hydrogens (tertiary/aromatic N) is 2. The number of carbonyl (C=O) groups excluding carboxylic acids is 1. The Hall–Kier alpha value is -1.42. The average Bonchev–Trinajstić information content (AvgIpc) is 2.82. The lowest BCUT2D eigenvalue weighted by Gasteiger charge is -2.32. The Morgan fingerprint density at radius 2 is 2.26 bits per heavy atom. The maximum absolute atomic E-state index is 12.9. The van der Waals surface area contributed by atoms with Crippen LogP contribution < -0.4 is 5.32 Å². The van der Waals surface area contributed by atoms with Crippen molar-refractivity contribution in [3.8, 4) is 0 Å². The van der Waals surface area contributed by atoms with Crippen molar-refractivity contribution in [3.05, 3.63) is 30.1 Å². The van der Waals surface area contributed by atoms with E-state index in [1.54, 1.807) is 0 Å². The third-order valence-corrected chi connectivity index (χ3v) is 4.67. The molecule has 1 fully saturated rings. The van der Waals surface area contributed by atoms with E-state index in [2.05, 4.69) is 29.0 Å². The quantitative estimate of drug-likeness (QED) is 0.838. The van der Waals surface area contributed by atoms with E-state index in [0.29, 0.717) is 30.8 Å². The third kappa shape index (κ3) is 5.94. The number of pyridine rings is 1. The molecule has 0 aromatic carbocycles. The van der Waals surface area contributed by atoms with Gasteiger partial charge in [0.15, 0.2) is 0 Å². The van der Waals surface area contributed by atoms with E-state index in [4.69, 9.17) is 0 Å². The summed E-state index contributed by atoms with van der Waals surface area (Å²) in [4.78, 5) is 19.4. The lowest BCUT2D eigenvalue weighted by atomic mass is 9.99. The zero-order valence-electron chi connectivity index (χ0n) is 14.6. The summed E-state index contributed by atoms with van der Waals surface area (Å²) < 4.78 is 0. The van der Waals surface area contributed by atoms with Gasteiger partial charge in [0.2, 0.25) is 5.91 Å². The van der Waals surface area contributed by atoms with Crippen molar-refractivity contribution in [1.29, 1.82) is 0 Å². The van der Waals surface area contributed by atoms with E-state index < -0.39 is 0 Å². The summed E-state index contributed by atoms with van der Waals surface area (Å²) in [5, 5.41) is 3.44. The van der Waals surface area contributed by atoms with Gasteiger partial charge in [-0.25, -0.2) is 0 Å². The molecule has 128 valence electrons. The molecule has 1 aliphatic rings. The number of hydrogen-bond donors (Lipinski definition) is 1. The summed E-state index contributed by atoms with van der Waals surface area (Å²) in [6.07, 6.45) is 8.00. The van der Waals surface area contributed by atoms with Crippen molar-refractivity contribution in [1.82, 2.24) is 15.2 Å². The SMILES string of the molecule is CCCC(C)CC(=O)N(Cc1ccccn1)C1CCCNCC1. The standard InChI is InChI=1S/C19H31N3O/c1-3-7-16(2)14-19(23)22(15-17-8-4-5-12-21-17)18-9-6-11-20-13-10-18/h4-5,8,12,16,18,20H,3,6-7,9-11,13-15H2,1-2H3. The van der Waals surface area contributed by atoms with Gasteiger partial charge in [-0.05, 0) is 50.4 Å². The predicted octanol–water partition coefficient (Wildman–Crippen LogP) is 3.38. The maximum atomic E-state index is 12.9. The Morgan fingerprint density at radius 3 is 3.00 bits per heavy atom. The van der Waals surface area contributed by atoms with Crippen LogP contribution >= 0.6 is 0 Å². The highest BCUT2D eigenvalue weighted by atomic mass is 16.2. The molecule has 4 heteroatoms. The fourth-order valence-electron chi connectivity index (χ4n) is 3.41. The normalized spacial score (nSPS) is 19.8. The molecular formula is C19H31N3O. The van der Waals surface area contributed by atoms with Gasteiger partial charge in [-0.15, -0.1) is 0 Å². The molecular weight excluding hydrogens is 286 g/mol. The van der Waals surface area contributed by atoms with E-state index in [9.17, 15) is 4.79 Å².